The van der Waals surface area contributed by atoms with Crippen molar-refractivity contribution in [3.8, 4) is 5.75 Å². The van der Waals surface area contributed by atoms with E-state index in [-0.39, 0.29) is 41.1 Å². The van der Waals surface area contributed by atoms with E-state index in [1.807, 2.05) is 6.26 Å². The first kappa shape index (κ1) is 23.3. The summed E-state index contributed by atoms with van der Waals surface area (Å²) >= 11 is 2.20. The molecule has 0 bridgehead atoms. The molecule has 0 saturated heterocycles. The van der Waals surface area contributed by atoms with Gasteiger partial charge >= 0.3 is 12.6 Å². The molecule has 0 aromatic heterocycles. The molecule has 1 aliphatic rings. The Morgan fingerprint density at radius 2 is 2.04 bits per heavy atom. The number of ketones is 1. The summed E-state index contributed by atoms with van der Waals surface area (Å²) in [5.74, 6) is -1.79. The molecule has 1 aromatic carbocycles. The van der Waals surface area contributed by atoms with E-state index in [0.29, 0.717) is 0 Å². The fourth-order valence-electron chi connectivity index (χ4n) is 2.55. The minimum atomic E-state index is -2.99. The molecule has 27 heavy (non-hydrogen) atoms. The second kappa shape index (κ2) is 11.2. The highest BCUT2D eigenvalue weighted by Crippen LogP contribution is 2.28. The van der Waals surface area contributed by atoms with Gasteiger partial charge in [0, 0.05) is 24.1 Å². The maximum Gasteiger partial charge on any atom is 0.387 e. The molecule has 1 atom stereocenters. The number of esters is 1. The molecule has 0 heterocycles. The summed E-state index contributed by atoms with van der Waals surface area (Å²) in [7, 11) is 2.94. The van der Waals surface area contributed by atoms with Crippen molar-refractivity contribution in [3.63, 3.8) is 0 Å². The van der Waals surface area contributed by atoms with Gasteiger partial charge in [0.2, 0.25) is 0 Å². The maximum absolute atomic E-state index is 12.3. The standard InChI is InChI=1S/C16H16F2N2O4.CH3IS/c1-23-15(22)9-6-11(19)13(12(21)7-9)14(20)8-3-2-4-10(5-8)24-16(17)18;1-3-2/h2-5,9,16,20H,6-7,19H2,1H3;1H3. The molecule has 1 aromatic rings. The van der Waals surface area contributed by atoms with E-state index >= 15 is 0 Å². The first-order valence-corrected chi connectivity index (χ1v) is 11.4. The number of benzene rings is 1. The van der Waals surface area contributed by atoms with Gasteiger partial charge < -0.3 is 15.2 Å². The van der Waals surface area contributed by atoms with E-state index in [1.54, 1.807) is 8.93 Å². The second-order valence-electron chi connectivity index (χ2n) is 5.39. The van der Waals surface area contributed by atoms with Gasteiger partial charge in [-0.3, -0.25) is 15.0 Å². The van der Waals surface area contributed by atoms with Crippen molar-refractivity contribution in [1.82, 2.24) is 0 Å². The van der Waals surface area contributed by atoms with Crippen LogP contribution >= 0.6 is 30.1 Å². The monoisotopic (exact) mass is 512 g/mol. The van der Waals surface area contributed by atoms with Crippen molar-refractivity contribution in [2.75, 3.05) is 13.4 Å². The van der Waals surface area contributed by atoms with E-state index in [4.69, 9.17) is 11.1 Å². The van der Waals surface area contributed by atoms with Gasteiger partial charge in [0.25, 0.3) is 0 Å². The predicted octanol–water partition coefficient (Wildman–Crippen LogP) is 3.72. The average Bonchev–Trinajstić information content (AvgIpc) is 2.60. The van der Waals surface area contributed by atoms with Crippen molar-refractivity contribution >= 4 is 47.6 Å². The van der Waals surface area contributed by atoms with Gasteiger partial charge in [-0.05, 0) is 39.6 Å². The van der Waals surface area contributed by atoms with Crippen molar-refractivity contribution in [1.29, 1.82) is 5.41 Å². The van der Waals surface area contributed by atoms with Crippen LogP contribution < -0.4 is 10.5 Å². The van der Waals surface area contributed by atoms with Gasteiger partial charge in [-0.25, -0.2) is 0 Å². The average molecular weight is 512 g/mol. The Kier molecular flexibility index (Phi) is 9.70. The fourth-order valence-corrected chi connectivity index (χ4v) is 2.55. The second-order valence-corrected chi connectivity index (χ2v) is 8.34. The molecule has 0 fully saturated rings. The Morgan fingerprint density at radius 1 is 1.41 bits per heavy atom. The summed E-state index contributed by atoms with van der Waals surface area (Å²) in [5.41, 5.74) is 5.99. The highest BCUT2D eigenvalue weighted by molar-refractivity contribution is 14.2. The molecule has 0 saturated carbocycles. The number of alkyl halides is 2. The van der Waals surface area contributed by atoms with E-state index < -0.39 is 24.3 Å². The number of carbonyl (C=O) groups is 2. The van der Waals surface area contributed by atoms with Crippen LogP contribution in [-0.2, 0) is 14.3 Å². The molecular weight excluding hydrogens is 493 g/mol. The van der Waals surface area contributed by atoms with Crippen molar-refractivity contribution in [2.45, 2.75) is 19.5 Å². The highest BCUT2D eigenvalue weighted by Gasteiger charge is 2.33. The van der Waals surface area contributed by atoms with Crippen LogP contribution in [0.15, 0.2) is 35.5 Å². The highest BCUT2D eigenvalue weighted by atomic mass is 127. The Hall–Kier alpha value is -1.69. The van der Waals surface area contributed by atoms with Crippen LogP contribution in [0, 0.1) is 11.3 Å². The first-order valence-electron chi connectivity index (χ1n) is 7.63. The zero-order valence-electron chi connectivity index (χ0n) is 14.6. The zero-order chi connectivity index (χ0) is 20.6. The molecule has 0 aliphatic heterocycles. The third kappa shape index (κ3) is 6.76. The predicted molar refractivity (Wildman–Crippen MR) is 108 cm³/mol. The summed E-state index contributed by atoms with van der Waals surface area (Å²) < 4.78 is 33.5. The largest absolute Gasteiger partial charge is 0.469 e. The number of ether oxygens (including phenoxy) is 2. The van der Waals surface area contributed by atoms with Crippen LogP contribution in [0.2, 0.25) is 0 Å². The van der Waals surface area contributed by atoms with Gasteiger partial charge in [0.15, 0.2) is 5.78 Å². The number of allylic oxidation sites excluding steroid dienone is 2. The lowest BCUT2D eigenvalue weighted by Crippen LogP contribution is -2.31. The maximum atomic E-state index is 12.3. The van der Waals surface area contributed by atoms with Crippen molar-refractivity contribution in [3.05, 3.63) is 41.1 Å². The SMILES string of the molecule is COC(=O)C1CC(=O)C(C(=N)c2cccc(OC(F)F)c2)=C(N)C1.CSI. The Bertz CT molecular complexity index is 743. The number of nitrogens with two attached hydrogens (primary N) is 1. The number of hydrogen-bond acceptors (Lipinski definition) is 7. The fraction of sp³-hybridized carbons (Fsp3) is 0.353. The molecule has 3 N–H and O–H groups in total. The van der Waals surface area contributed by atoms with Crippen molar-refractivity contribution in [2.24, 2.45) is 11.7 Å². The van der Waals surface area contributed by atoms with Gasteiger partial charge in [0.05, 0.1) is 24.3 Å². The minimum Gasteiger partial charge on any atom is -0.469 e. The molecule has 10 heteroatoms. The number of methoxy groups -OCH3 is 1. The lowest BCUT2D eigenvalue weighted by molar-refractivity contribution is -0.147. The number of halogens is 3. The van der Waals surface area contributed by atoms with Gasteiger partial charge in [-0.15, -0.1) is 0 Å². The van der Waals surface area contributed by atoms with Crippen LogP contribution in [0.1, 0.15) is 18.4 Å². The number of rotatable bonds is 5. The number of Topliss-reactive ketones (excluding diaryl/α,β-unsaturated/α-hetero) is 1. The molecule has 6 nitrogen and oxygen atoms in total. The minimum absolute atomic E-state index is 0.00986. The Labute approximate surface area is 171 Å². The Balaban J connectivity index is 0.00000114. The third-order valence-electron chi connectivity index (χ3n) is 3.63. The Morgan fingerprint density at radius 3 is 2.56 bits per heavy atom. The normalized spacial score (nSPS) is 16.5. The van der Waals surface area contributed by atoms with Gasteiger partial charge in [-0.1, -0.05) is 21.1 Å². The molecular formula is C17H19F2IN2O4S. The summed E-state index contributed by atoms with van der Waals surface area (Å²) in [5, 5.41) is 8.16. The topological polar surface area (TPSA) is 102 Å². The van der Waals surface area contributed by atoms with E-state index in [1.165, 1.54) is 31.4 Å². The molecule has 1 unspecified atom stereocenters. The molecule has 0 amide bonds. The summed E-state index contributed by atoms with van der Waals surface area (Å²) in [4.78, 5) is 23.8. The first-order chi connectivity index (χ1) is 12.7. The van der Waals surface area contributed by atoms with Gasteiger partial charge in [0.1, 0.15) is 5.75 Å². The molecule has 0 spiro atoms. The quantitative estimate of drug-likeness (QED) is 0.354. The van der Waals surface area contributed by atoms with E-state index in [2.05, 4.69) is 30.7 Å². The number of hydrogen-bond donors (Lipinski definition) is 2. The molecule has 1 aliphatic carbocycles. The summed E-state index contributed by atoms with van der Waals surface area (Å²) in [6.45, 7) is -2.99. The van der Waals surface area contributed by atoms with E-state index in [0.717, 1.165) is 0 Å². The molecule has 148 valence electrons. The zero-order valence-corrected chi connectivity index (χ0v) is 17.6. The lowest BCUT2D eigenvalue weighted by atomic mass is 9.83. The number of carbonyl (C=O) groups excluding carboxylic acids is 2. The lowest BCUT2D eigenvalue weighted by Gasteiger charge is -2.23. The van der Waals surface area contributed by atoms with Crippen LogP contribution in [0.25, 0.3) is 0 Å². The van der Waals surface area contributed by atoms with Crippen molar-refractivity contribution < 1.29 is 27.8 Å². The summed E-state index contributed by atoms with van der Waals surface area (Å²) in [6, 6.07) is 5.47. The third-order valence-corrected chi connectivity index (χ3v) is 3.63. The van der Waals surface area contributed by atoms with Crippen LogP contribution in [-0.4, -0.2) is 37.4 Å². The smallest absolute Gasteiger partial charge is 0.387 e. The van der Waals surface area contributed by atoms with Gasteiger partial charge in [-0.2, -0.15) is 8.78 Å². The summed E-state index contributed by atoms with van der Waals surface area (Å²) in [6.07, 6.45) is 2.02. The van der Waals surface area contributed by atoms with Crippen LogP contribution in [0.4, 0.5) is 8.78 Å². The van der Waals surface area contributed by atoms with Crippen LogP contribution in [0.5, 0.6) is 5.75 Å². The molecule has 0 radical (unpaired) electrons. The number of nitrogens with one attached hydrogen (secondary N) is 1. The van der Waals surface area contributed by atoms with Crippen LogP contribution in [0.3, 0.4) is 0 Å². The molecule has 2 rings (SSSR count). The van der Waals surface area contributed by atoms with E-state index in [9.17, 15) is 18.4 Å².